The Bertz CT molecular complexity index is 447. The molecule has 5 heteroatoms. The molecule has 1 aliphatic carbocycles. The molecule has 0 radical (unpaired) electrons. The van der Waals surface area contributed by atoms with E-state index >= 15 is 0 Å². The van der Waals surface area contributed by atoms with Gasteiger partial charge in [-0.25, -0.2) is 4.39 Å². The van der Waals surface area contributed by atoms with Crippen molar-refractivity contribution in [3.63, 3.8) is 0 Å². The lowest BCUT2D eigenvalue weighted by molar-refractivity contribution is -0.116. The molecule has 1 amide bonds. The summed E-state index contributed by atoms with van der Waals surface area (Å²) in [6.45, 7) is 0. The van der Waals surface area contributed by atoms with Crippen molar-refractivity contribution in [1.29, 1.82) is 0 Å². The first kappa shape index (κ1) is 12.8. The van der Waals surface area contributed by atoms with Crippen LogP contribution in [0.15, 0.2) is 18.2 Å². The number of hydrogen-bond acceptors (Lipinski definition) is 3. The maximum absolute atomic E-state index is 13.2. The van der Waals surface area contributed by atoms with E-state index in [0.29, 0.717) is 17.4 Å². The molecule has 0 saturated heterocycles. The number of carbonyl (C=O) groups is 1. The number of carbonyl (C=O) groups excluding carboxylic acids is 1. The second kappa shape index (κ2) is 5.35. The van der Waals surface area contributed by atoms with Gasteiger partial charge < -0.3 is 15.8 Å². The third-order valence-corrected chi connectivity index (χ3v) is 3.04. The summed E-state index contributed by atoms with van der Waals surface area (Å²) in [5.74, 6) is 0.202. The highest BCUT2D eigenvalue weighted by molar-refractivity contribution is 5.91. The van der Waals surface area contributed by atoms with E-state index in [-0.39, 0.29) is 18.4 Å². The van der Waals surface area contributed by atoms with Crippen LogP contribution in [0.1, 0.15) is 19.3 Å². The Hall–Kier alpha value is -1.62. The molecular weight excluding hydrogens is 235 g/mol. The highest BCUT2D eigenvalue weighted by Crippen LogP contribution is 2.32. The van der Waals surface area contributed by atoms with E-state index < -0.39 is 5.82 Å². The van der Waals surface area contributed by atoms with E-state index in [2.05, 4.69) is 5.32 Å². The molecular formula is C13H17FN2O2. The lowest BCUT2D eigenvalue weighted by atomic mass is 10.1. The zero-order chi connectivity index (χ0) is 13.1. The maximum Gasteiger partial charge on any atom is 0.225 e. The van der Waals surface area contributed by atoms with Crippen LogP contribution in [0.4, 0.5) is 10.1 Å². The first-order valence-electron chi connectivity index (χ1n) is 5.98. The van der Waals surface area contributed by atoms with Crippen molar-refractivity contribution in [2.24, 2.45) is 11.7 Å². The van der Waals surface area contributed by atoms with Crippen molar-refractivity contribution in [3.05, 3.63) is 24.0 Å². The van der Waals surface area contributed by atoms with Gasteiger partial charge in [-0.2, -0.15) is 0 Å². The second-order valence-corrected chi connectivity index (χ2v) is 4.63. The van der Waals surface area contributed by atoms with Crippen LogP contribution < -0.4 is 15.8 Å². The molecule has 1 aromatic carbocycles. The fraction of sp³-hybridized carbons (Fsp3) is 0.462. The largest absolute Gasteiger partial charge is 0.497 e. The minimum atomic E-state index is -0.448. The molecule has 1 saturated carbocycles. The molecule has 1 fully saturated rings. The van der Waals surface area contributed by atoms with Crippen molar-refractivity contribution in [3.8, 4) is 5.75 Å². The van der Waals surface area contributed by atoms with Crippen molar-refractivity contribution >= 4 is 11.6 Å². The summed E-state index contributed by atoms with van der Waals surface area (Å²) in [4.78, 5) is 11.7. The normalized spacial score (nSPS) is 16.2. The van der Waals surface area contributed by atoms with Gasteiger partial charge in [0.15, 0.2) is 0 Å². The number of methoxy groups -OCH3 is 1. The minimum absolute atomic E-state index is 0.0968. The van der Waals surface area contributed by atoms with Crippen LogP contribution >= 0.6 is 0 Å². The van der Waals surface area contributed by atoms with Crippen LogP contribution in [-0.2, 0) is 4.79 Å². The summed E-state index contributed by atoms with van der Waals surface area (Å²) in [6, 6.07) is 3.98. The van der Waals surface area contributed by atoms with E-state index in [4.69, 9.17) is 10.5 Å². The van der Waals surface area contributed by atoms with Crippen molar-refractivity contribution < 1.29 is 13.9 Å². The van der Waals surface area contributed by atoms with E-state index in [9.17, 15) is 9.18 Å². The fourth-order valence-corrected chi connectivity index (χ4v) is 1.87. The van der Waals surface area contributed by atoms with Crippen LogP contribution in [-0.4, -0.2) is 19.1 Å². The molecule has 1 aliphatic rings. The number of nitrogens with one attached hydrogen (secondary N) is 1. The molecule has 3 N–H and O–H groups in total. The predicted octanol–water partition coefficient (Wildman–Crippen LogP) is 1.90. The zero-order valence-corrected chi connectivity index (χ0v) is 10.3. The number of ether oxygens (including phenoxy) is 1. The Morgan fingerprint density at radius 1 is 1.56 bits per heavy atom. The Balaban J connectivity index is 1.95. The molecule has 1 unspecified atom stereocenters. The van der Waals surface area contributed by atoms with Crippen LogP contribution in [0, 0.1) is 11.7 Å². The van der Waals surface area contributed by atoms with Gasteiger partial charge in [-0.05, 0) is 24.8 Å². The van der Waals surface area contributed by atoms with Crippen LogP contribution in [0.25, 0.3) is 0 Å². The molecule has 0 aliphatic heterocycles. The smallest absolute Gasteiger partial charge is 0.225 e. The standard InChI is InChI=1S/C13H17FN2O2/c1-18-11-5-9(14)4-10(6-11)16-13(17)7-12(15)8-2-3-8/h4-6,8,12H,2-3,7,15H2,1H3,(H,16,17). The lowest BCUT2D eigenvalue weighted by Crippen LogP contribution is -2.28. The third-order valence-electron chi connectivity index (χ3n) is 3.04. The molecule has 18 heavy (non-hydrogen) atoms. The molecule has 1 atom stereocenters. The molecule has 4 nitrogen and oxygen atoms in total. The molecule has 2 rings (SSSR count). The molecule has 0 spiro atoms. The van der Waals surface area contributed by atoms with Gasteiger partial charge in [0.2, 0.25) is 5.91 Å². The molecule has 98 valence electrons. The average molecular weight is 252 g/mol. The number of nitrogens with two attached hydrogens (primary N) is 1. The summed E-state index contributed by atoms with van der Waals surface area (Å²) in [5, 5.41) is 2.63. The topological polar surface area (TPSA) is 64.3 Å². The lowest BCUT2D eigenvalue weighted by Gasteiger charge is -2.11. The van der Waals surface area contributed by atoms with Gasteiger partial charge in [0, 0.05) is 30.3 Å². The van der Waals surface area contributed by atoms with E-state index in [1.807, 2.05) is 0 Å². The molecule has 0 heterocycles. The van der Waals surface area contributed by atoms with Gasteiger partial charge in [0.05, 0.1) is 7.11 Å². The molecule has 0 bridgehead atoms. The average Bonchev–Trinajstić information content (AvgIpc) is 3.11. The predicted molar refractivity (Wildman–Crippen MR) is 66.9 cm³/mol. The van der Waals surface area contributed by atoms with Gasteiger partial charge in [-0.15, -0.1) is 0 Å². The Morgan fingerprint density at radius 2 is 2.28 bits per heavy atom. The quantitative estimate of drug-likeness (QED) is 0.841. The first-order valence-corrected chi connectivity index (χ1v) is 5.98. The van der Waals surface area contributed by atoms with Gasteiger partial charge in [-0.3, -0.25) is 4.79 Å². The summed E-state index contributed by atoms with van der Waals surface area (Å²) in [5.41, 5.74) is 6.25. The number of benzene rings is 1. The number of hydrogen-bond donors (Lipinski definition) is 2. The van der Waals surface area contributed by atoms with Gasteiger partial charge in [0.25, 0.3) is 0 Å². The summed E-state index contributed by atoms with van der Waals surface area (Å²) < 4.78 is 18.1. The summed E-state index contributed by atoms with van der Waals surface area (Å²) in [6.07, 6.45) is 2.47. The monoisotopic (exact) mass is 252 g/mol. The maximum atomic E-state index is 13.2. The van der Waals surface area contributed by atoms with E-state index in [0.717, 1.165) is 12.8 Å². The van der Waals surface area contributed by atoms with Crippen LogP contribution in [0.3, 0.4) is 0 Å². The highest BCUT2D eigenvalue weighted by atomic mass is 19.1. The highest BCUT2D eigenvalue weighted by Gasteiger charge is 2.29. The number of anilines is 1. The Morgan fingerprint density at radius 3 is 2.89 bits per heavy atom. The number of rotatable bonds is 5. The zero-order valence-electron chi connectivity index (χ0n) is 10.3. The van der Waals surface area contributed by atoms with Crippen molar-refractivity contribution in [2.45, 2.75) is 25.3 Å². The van der Waals surface area contributed by atoms with E-state index in [1.165, 1.54) is 19.2 Å². The van der Waals surface area contributed by atoms with Gasteiger partial charge in [-0.1, -0.05) is 0 Å². The fourth-order valence-electron chi connectivity index (χ4n) is 1.87. The van der Waals surface area contributed by atoms with Crippen molar-refractivity contribution in [1.82, 2.24) is 0 Å². The van der Waals surface area contributed by atoms with Crippen LogP contribution in [0.5, 0.6) is 5.75 Å². The van der Waals surface area contributed by atoms with Gasteiger partial charge in [0.1, 0.15) is 11.6 Å². The number of amides is 1. The van der Waals surface area contributed by atoms with Gasteiger partial charge >= 0.3 is 0 Å². The SMILES string of the molecule is COc1cc(F)cc(NC(=O)CC(N)C2CC2)c1. The first-order chi connectivity index (χ1) is 8.58. The molecule has 0 aromatic heterocycles. The molecule has 1 aromatic rings. The Labute approximate surface area is 105 Å². The van der Waals surface area contributed by atoms with Crippen molar-refractivity contribution in [2.75, 3.05) is 12.4 Å². The summed E-state index contributed by atoms with van der Waals surface area (Å²) in [7, 11) is 1.45. The third kappa shape index (κ3) is 3.43. The van der Waals surface area contributed by atoms with E-state index in [1.54, 1.807) is 6.07 Å². The summed E-state index contributed by atoms with van der Waals surface area (Å²) >= 11 is 0. The second-order valence-electron chi connectivity index (χ2n) is 4.63. The van der Waals surface area contributed by atoms with Crippen LogP contribution in [0.2, 0.25) is 0 Å². The Kier molecular flexibility index (Phi) is 3.81. The minimum Gasteiger partial charge on any atom is -0.497 e. The number of halogens is 1.